The molecule has 0 unspecified atom stereocenters. The fourth-order valence-corrected chi connectivity index (χ4v) is 2.95. The van der Waals surface area contributed by atoms with Gasteiger partial charge in [0.05, 0.1) is 24.4 Å². The monoisotopic (exact) mass is 364 g/mol. The van der Waals surface area contributed by atoms with E-state index in [1.54, 1.807) is 13.1 Å². The number of anilines is 2. The lowest BCUT2D eigenvalue weighted by atomic mass is 10.1. The maximum atomic E-state index is 12.5. The Morgan fingerprint density at radius 3 is 2.67 bits per heavy atom. The van der Waals surface area contributed by atoms with Crippen LogP contribution in [0.25, 0.3) is 10.9 Å². The SMILES string of the molecule is CCOC(=O)c1cnc2ccc(OCC)cc2c1Nc1cccc(C)c1C. The van der Waals surface area contributed by atoms with E-state index in [0.29, 0.717) is 24.5 Å². The number of benzene rings is 2. The summed E-state index contributed by atoms with van der Waals surface area (Å²) < 4.78 is 10.9. The van der Waals surface area contributed by atoms with Crippen molar-refractivity contribution in [2.45, 2.75) is 27.7 Å². The summed E-state index contributed by atoms with van der Waals surface area (Å²) in [5, 5.41) is 4.25. The molecule has 5 nitrogen and oxygen atoms in total. The van der Waals surface area contributed by atoms with Crippen molar-refractivity contribution in [3.8, 4) is 5.75 Å². The van der Waals surface area contributed by atoms with E-state index < -0.39 is 5.97 Å². The Morgan fingerprint density at radius 1 is 1.11 bits per heavy atom. The van der Waals surface area contributed by atoms with Crippen LogP contribution in [0, 0.1) is 13.8 Å². The number of hydrogen-bond acceptors (Lipinski definition) is 5. The van der Waals surface area contributed by atoms with Crippen molar-refractivity contribution in [1.29, 1.82) is 0 Å². The lowest BCUT2D eigenvalue weighted by Crippen LogP contribution is -2.10. The van der Waals surface area contributed by atoms with Crippen LogP contribution in [-0.2, 0) is 4.74 Å². The predicted octanol–water partition coefficient (Wildman–Crippen LogP) is 5.17. The van der Waals surface area contributed by atoms with Gasteiger partial charge in [-0.15, -0.1) is 0 Å². The molecule has 5 heteroatoms. The van der Waals surface area contributed by atoms with E-state index in [9.17, 15) is 4.79 Å². The number of aromatic nitrogens is 1. The molecule has 140 valence electrons. The highest BCUT2D eigenvalue weighted by atomic mass is 16.5. The van der Waals surface area contributed by atoms with Gasteiger partial charge in [0.2, 0.25) is 0 Å². The fraction of sp³-hybridized carbons (Fsp3) is 0.273. The first kappa shape index (κ1) is 18.7. The van der Waals surface area contributed by atoms with Crippen molar-refractivity contribution >= 4 is 28.2 Å². The molecular weight excluding hydrogens is 340 g/mol. The first-order valence-corrected chi connectivity index (χ1v) is 9.11. The minimum atomic E-state index is -0.401. The van der Waals surface area contributed by atoms with Gasteiger partial charge in [-0.2, -0.15) is 0 Å². The molecule has 27 heavy (non-hydrogen) atoms. The molecule has 2 aromatic carbocycles. The van der Waals surface area contributed by atoms with Gasteiger partial charge in [0, 0.05) is 17.3 Å². The predicted molar refractivity (Wildman–Crippen MR) is 108 cm³/mol. The Morgan fingerprint density at radius 2 is 1.93 bits per heavy atom. The van der Waals surface area contributed by atoms with Gasteiger partial charge in [0.25, 0.3) is 0 Å². The summed E-state index contributed by atoms with van der Waals surface area (Å²) in [6.45, 7) is 8.71. The van der Waals surface area contributed by atoms with E-state index in [1.807, 2.05) is 37.3 Å². The third-order valence-electron chi connectivity index (χ3n) is 4.51. The van der Waals surface area contributed by atoms with E-state index in [4.69, 9.17) is 9.47 Å². The van der Waals surface area contributed by atoms with Crippen molar-refractivity contribution in [2.24, 2.45) is 0 Å². The molecule has 0 saturated heterocycles. The summed E-state index contributed by atoms with van der Waals surface area (Å²) in [4.78, 5) is 17.0. The molecular formula is C22H24N2O3. The van der Waals surface area contributed by atoms with Crippen LogP contribution in [0.15, 0.2) is 42.6 Å². The smallest absolute Gasteiger partial charge is 0.341 e. The number of fused-ring (bicyclic) bond motifs is 1. The summed E-state index contributed by atoms with van der Waals surface area (Å²) in [6.07, 6.45) is 1.56. The molecule has 3 rings (SSSR count). The van der Waals surface area contributed by atoms with Crippen LogP contribution in [0.3, 0.4) is 0 Å². The minimum Gasteiger partial charge on any atom is -0.494 e. The largest absolute Gasteiger partial charge is 0.494 e. The highest BCUT2D eigenvalue weighted by Gasteiger charge is 2.18. The Hall–Kier alpha value is -3.08. The number of rotatable bonds is 6. The summed E-state index contributed by atoms with van der Waals surface area (Å²) in [5.74, 6) is 0.332. The van der Waals surface area contributed by atoms with Crippen LogP contribution in [-0.4, -0.2) is 24.2 Å². The molecule has 0 saturated carbocycles. The highest BCUT2D eigenvalue weighted by Crippen LogP contribution is 2.33. The maximum absolute atomic E-state index is 12.5. The molecule has 1 N–H and O–H groups in total. The lowest BCUT2D eigenvalue weighted by molar-refractivity contribution is 0.0527. The Balaban J connectivity index is 2.20. The average molecular weight is 364 g/mol. The van der Waals surface area contributed by atoms with E-state index in [2.05, 4.69) is 30.2 Å². The van der Waals surface area contributed by atoms with Gasteiger partial charge in [0.15, 0.2) is 0 Å². The van der Waals surface area contributed by atoms with Crippen LogP contribution in [0.4, 0.5) is 11.4 Å². The van der Waals surface area contributed by atoms with Gasteiger partial charge in [-0.1, -0.05) is 12.1 Å². The summed E-state index contributed by atoms with van der Waals surface area (Å²) in [7, 11) is 0. The van der Waals surface area contributed by atoms with E-state index in [0.717, 1.165) is 27.9 Å². The number of aryl methyl sites for hydroxylation is 1. The second-order valence-corrected chi connectivity index (χ2v) is 6.25. The van der Waals surface area contributed by atoms with Gasteiger partial charge in [-0.3, -0.25) is 4.98 Å². The van der Waals surface area contributed by atoms with Crippen molar-refractivity contribution in [3.63, 3.8) is 0 Å². The Kier molecular flexibility index (Phi) is 5.60. The van der Waals surface area contributed by atoms with Crippen molar-refractivity contribution < 1.29 is 14.3 Å². The van der Waals surface area contributed by atoms with Crippen molar-refractivity contribution in [3.05, 3.63) is 59.3 Å². The third kappa shape index (κ3) is 3.87. The molecule has 0 aliphatic rings. The molecule has 0 radical (unpaired) electrons. The summed E-state index contributed by atoms with van der Waals surface area (Å²) >= 11 is 0. The second kappa shape index (κ2) is 8.08. The number of esters is 1. The van der Waals surface area contributed by atoms with Gasteiger partial charge in [-0.25, -0.2) is 4.79 Å². The highest BCUT2D eigenvalue weighted by molar-refractivity contribution is 6.06. The first-order chi connectivity index (χ1) is 13.0. The quantitative estimate of drug-likeness (QED) is 0.611. The standard InChI is InChI=1S/C22H24N2O3/c1-5-26-16-10-11-20-17(12-16)21(18(13-23-20)22(25)27-6-2)24-19-9-7-8-14(3)15(19)4/h7-13H,5-6H2,1-4H3,(H,23,24). The molecule has 0 bridgehead atoms. The van der Waals surface area contributed by atoms with Gasteiger partial charge >= 0.3 is 5.97 Å². The molecule has 0 spiro atoms. The zero-order chi connectivity index (χ0) is 19.4. The number of pyridine rings is 1. The van der Waals surface area contributed by atoms with E-state index in [-0.39, 0.29) is 0 Å². The topological polar surface area (TPSA) is 60.5 Å². The Bertz CT molecular complexity index is 983. The molecule has 1 aromatic heterocycles. The summed E-state index contributed by atoms with van der Waals surface area (Å²) in [6, 6.07) is 11.7. The fourth-order valence-electron chi connectivity index (χ4n) is 2.95. The van der Waals surface area contributed by atoms with Crippen LogP contribution >= 0.6 is 0 Å². The van der Waals surface area contributed by atoms with Gasteiger partial charge in [-0.05, 0) is 63.1 Å². The zero-order valence-electron chi connectivity index (χ0n) is 16.1. The number of nitrogens with one attached hydrogen (secondary N) is 1. The zero-order valence-corrected chi connectivity index (χ0v) is 16.1. The normalized spacial score (nSPS) is 10.7. The van der Waals surface area contributed by atoms with E-state index in [1.165, 1.54) is 5.56 Å². The van der Waals surface area contributed by atoms with Crippen LogP contribution in [0.1, 0.15) is 35.3 Å². The maximum Gasteiger partial charge on any atom is 0.341 e. The molecule has 0 aliphatic carbocycles. The number of carbonyl (C=O) groups excluding carboxylic acids is 1. The molecule has 0 fully saturated rings. The van der Waals surface area contributed by atoms with Crippen LogP contribution < -0.4 is 10.1 Å². The van der Waals surface area contributed by atoms with Gasteiger partial charge in [0.1, 0.15) is 11.3 Å². The van der Waals surface area contributed by atoms with Crippen LogP contribution in [0.2, 0.25) is 0 Å². The lowest BCUT2D eigenvalue weighted by Gasteiger charge is -2.17. The second-order valence-electron chi connectivity index (χ2n) is 6.25. The van der Waals surface area contributed by atoms with E-state index >= 15 is 0 Å². The summed E-state index contributed by atoms with van der Waals surface area (Å²) in [5.41, 5.74) is 5.09. The van der Waals surface area contributed by atoms with Crippen LogP contribution in [0.5, 0.6) is 5.75 Å². The van der Waals surface area contributed by atoms with Crippen molar-refractivity contribution in [1.82, 2.24) is 4.98 Å². The van der Waals surface area contributed by atoms with Gasteiger partial charge < -0.3 is 14.8 Å². The third-order valence-corrected chi connectivity index (χ3v) is 4.51. The molecule has 0 aliphatic heterocycles. The number of nitrogens with zero attached hydrogens (tertiary/aromatic N) is 1. The number of carbonyl (C=O) groups is 1. The molecule has 3 aromatic rings. The average Bonchev–Trinajstić information content (AvgIpc) is 2.66. The molecule has 0 atom stereocenters. The Labute approximate surface area is 159 Å². The number of ether oxygens (including phenoxy) is 2. The number of hydrogen-bond donors (Lipinski definition) is 1. The molecule has 1 heterocycles. The first-order valence-electron chi connectivity index (χ1n) is 9.11. The molecule has 0 amide bonds. The van der Waals surface area contributed by atoms with Crippen molar-refractivity contribution in [2.75, 3.05) is 18.5 Å². The minimum absolute atomic E-state index is 0.304.